The summed E-state index contributed by atoms with van der Waals surface area (Å²) in [6.45, 7) is 3.53. The molecule has 0 spiro atoms. The molecule has 0 saturated heterocycles. The minimum Gasteiger partial charge on any atom is -0.497 e. The number of aromatic nitrogens is 1. The van der Waals surface area contributed by atoms with E-state index in [2.05, 4.69) is 10.2 Å². The molecule has 0 aliphatic heterocycles. The number of unbranched alkanes of at least 4 members (excludes halogenated alkanes) is 1. The van der Waals surface area contributed by atoms with Crippen LogP contribution >= 0.6 is 0 Å². The fourth-order valence-electron chi connectivity index (χ4n) is 3.66. The lowest BCUT2D eigenvalue weighted by Gasteiger charge is -2.13. The molecule has 0 saturated carbocycles. The molecule has 0 unspecified atom stereocenters. The summed E-state index contributed by atoms with van der Waals surface area (Å²) in [5.74, 6) is -1.22. The van der Waals surface area contributed by atoms with Crippen LogP contribution in [0.3, 0.4) is 0 Å². The number of pyridine rings is 1. The van der Waals surface area contributed by atoms with Crippen molar-refractivity contribution in [3.05, 3.63) is 69.5 Å². The van der Waals surface area contributed by atoms with Gasteiger partial charge in [-0.1, -0.05) is 25.5 Å². The molecule has 0 aliphatic rings. The Bertz CT molecular complexity index is 1640. The molecule has 0 fully saturated rings. The van der Waals surface area contributed by atoms with E-state index in [0.717, 1.165) is 11.0 Å². The molecule has 39 heavy (non-hydrogen) atoms. The van der Waals surface area contributed by atoms with Crippen LogP contribution < -0.4 is 19.8 Å². The second kappa shape index (κ2) is 12.2. The van der Waals surface area contributed by atoms with Gasteiger partial charge in [-0.05, 0) is 37.6 Å². The molecule has 0 radical (unpaired) electrons. The highest BCUT2D eigenvalue weighted by atomic mass is 32.2. The van der Waals surface area contributed by atoms with Gasteiger partial charge in [0.2, 0.25) is 5.88 Å². The number of nitrogens with zero attached hydrogens (tertiary/aromatic N) is 4. The Morgan fingerprint density at radius 3 is 2.51 bits per heavy atom. The largest absolute Gasteiger partial charge is 0.497 e. The molecule has 204 valence electrons. The number of hydrogen-bond acceptors (Lipinski definition) is 10. The molecule has 0 atom stereocenters. The first-order valence-electron chi connectivity index (χ1n) is 11.8. The lowest BCUT2D eigenvalue weighted by molar-refractivity contribution is 0.0982. The van der Waals surface area contributed by atoms with Crippen molar-refractivity contribution in [2.45, 2.75) is 38.1 Å². The molecule has 2 N–H and O–H groups in total. The van der Waals surface area contributed by atoms with E-state index in [-0.39, 0.29) is 51.0 Å². The highest BCUT2D eigenvalue weighted by Crippen LogP contribution is 2.30. The van der Waals surface area contributed by atoms with Gasteiger partial charge in [-0.3, -0.25) is 14.2 Å². The summed E-state index contributed by atoms with van der Waals surface area (Å²) < 4.78 is 39.3. The molecule has 1 heterocycles. The fourth-order valence-corrected chi connectivity index (χ4v) is 4.82. The lowest BCUT2D eigenvalue weighted by Crippen LogP contribution is -2.31. The van der Waals surface area contributed by atoms with Crippen LogP contribution in [0.4, 0.5) is 11.4 Å². The van der Waals surface area contributed by atoms with E-state index in [1.165, 1.54) is 57.5 Å². The van der Waals surface area contributed by atoms with Crippen LogP contribution in [0, 0.1) is 18.3 Å². The van der Waals surface area contributed by atoms with Gasteiger partial charge in [0, 0.05) is 18.2 Å². The number of aromatic hydroxyl groups is 1. The number of carbonyl (C=O) groups is 1. The quantitative estimate of drug-likeness (QED) is 0.353. The normalized spacial score (nSPS) is 11.3. The Hall–Kier alpha value is -4.70. The monoisotopic (exact) mass is 553 g/mol. The minimum atomic E-state index is -4.40. The maximum absolute atomic E-state index is 13.1. The SMILES string of the molecule is CCCCn1c(O)c(C#N)c(C)c(N=Nc2ccccc2C(=O)NS(=O)(=O)c2cc(OC)ccc2OC)c1=O. The van der Waals surface area contributed by atoms with Crippen molar-refractivity contribution in [3.63, 3.8) is 0 Å². The molecule has 0 bridgehead atoms. The summed E-state index contributed by atoms with van der Waals surface area (Å²) in [7, 11) is -1.75. The summed E-state index contributed by atoms with van der Waals surface area (Å²) in [4.78, 5) is 25.8. The zero-order chi connectivity index (χ0) is 28.7. The molecule has 1 amide bonds. The molecular weight excluding hydrogens is 526 g/mol. The van der Waals surface area contributed by atoms with Crippen molar-refractivity contribution < 1.29 is 27.8 Å². The molecule has 0 aliphatic carbocycles. The average molecular weight is 554 g/mol. The number of amides is 1. The average Bonchev–Trinajstić information content (AvgIpc) is 2.92. The van der Waals surface area contributed by atoms with E-state index in [1.54, 1.807) is 6.07 Å². The van der Waals surface area contributed by atoms with Gasteiger partial charge in [-0.15, -0.1) is 10.2 Å². The van der Waals surface area contributed by atoms with E-state index in [0.29, 0.717) is 6.42 Å². The van der Waals surface area contributed by atoms with Gasteiger partial charge in [-0.2, -0.15) is 5.26 Å². The molecular formula is C26H27N5O7S. The smallest absolute Gasteiger partial charge is 0.281 e. The van der Waals surface area contributed by atoms with Gasteiger partial charge in [0.1, 0.15) is 28.0 Å². The second-order valence-electron chi connectivity index (χ2n) is 8.26. The Kier molecular flexibility index (Phi) is 9.05. The Morgan fingerprint density at radius 2 is 1.87 bits per heavy atom. The lowest BCUT2D eigenvalue weighted by atomic mass is 10.1. The van der Waals surface area contributed by atoms with Crippen LogP contribution in [0.25, 0.3) is 0 Å². The third kappa shape index (κ3) is 6.07. The van der Waals surface area contributed by atoms with Crippen molar-refractivity contribution >= 4 is 27.3 Å². The standard InChI is InChI=1S/C26H27N5O7S/c1-5-6-13-31-25(33)19(15-27)16(2)23(26(31)34)29-28-20-10-8-7-9-18(20)24(32)30-39(35,36)22-14-17(37-3)11-12-21(22)38-4/h7-12,14,33H,5-6,13H2,1-4H3,(H,30,32). The van der Waals surface area contributed by atoms with E-state index in [4.69, 9.17) is 9.47 Å². The summed E-state index contributed by atoms with van der Waals surface area (Å²) in [5.41, 5.74) is -1.03. The predicted molar refractivity (Wildman–Crippen MR) is 142 cm³/mol. The van der Waals surface area contributed by atoms with Crippen LogP contribution in [-0.2, 0) is 16.6 Å². The number of ether oxygens (including phenoxy) is 2. The first kappa shape index (κ1) is 28.9. The van der Waals surface area contributed by atoms with Crippen molar-refractivity contribution in [1.29, 1.82) is 5.26 Å². The van der Waals surface area contributed by atoms with Crippen LogP contribution in [0.5, 0.6) is 17.4 Å². The zero-order valence-corrected chi connectivity index (χ0v) is 22.6. The maximum atomic E-state index is 13.1. The summed E-state index contributed by atoms with van der Waals surface area (Å²) in [5, 5.41) is 28.0. The molecule has 3 aromatic rings. The number of benzene rings is 2. The first-order valence-corrected chi connectivity index (χ1v) is 13.2. The number of hydrogen-bond donors (Lipinski definition) is 2. The van der Waals surface area contributed by atoms with Gasteiger partial charge in [0.15, 0.2) is 5.69 Å². The number of sulfonamides is 1. The number of rotatable bonds is 10. The van der Waals surface area contributed by atoms with Crippen molar-refractivity contribution in [2.75, 3.05) is 14.2 Å². The van der Waals surface area contributed by atoms with Gasteiger partial charge < -0.3 is 14.6 Å². The fraction of sp³-hybridized carbons (Fsp3) is 0.269. The topological polar surface area (TPSA) is 172 Å². The second-order valence-corrected chi connectivity index (χ2v) is 9.91. The van der Waals surface area contributed by atoms with Gasteiger partial charge in [0.25, 0.3) is 21.5 Å². The number of methoxy groups -OCH3 is 2. The molecule has 2 aromatic carbocycles. The Morgan fingerprint density at radius 1 is 1.15 bits per heavy atom. The highest BCUT2D eigenvalue weighted by molar-refractivity contribution is 7.90. The Balaban J connectivity index is 2.02. The maximum Gasteiger partial charge on any atom is 0.281 e. The van der Waals surface area contributed by atoms with Gasteiger partial charge in [0.05, 0.1) is 25.5 Å². The predicted octanol–water partition coefficient (Wildman–Crippen LogP) is 4.09. The first-order chi connectivity index (χ1) is 18.6. The third-order valence-corrected chi connectivity index (χ3v) is 7.15. The van der Waals surface area contributed by atoms with Gasteiger partial charge >= 0.3 is 0 Å². The van der Waals surface area contributed by atoms with Crippen molar-refractivity contribution in [1.82, 2.24) is 9.29 Å². The summed E-state index contributed by atoms with van der Waals surface area (Å²) >= 11 is 0. The number of nitrogens with one attached hydrogen (secondary N) is 1. The van der Waals surface area contributed by atoms with Crippen LogP contribution in [-0.4, -0.2) is 38.2 Å². The van der Waals surface area contributed by atoms with Crippen LogP contribution in [0.1, 0.15) is 41.3 Å². The highest BCUT2D eigenvalue weighted by Gasteiger charge is 2.25. The molecule has 12 nitrogen and oxygen atoms in total. The van der Waals surface area contributed by atoms with E-state index < -0.39 is 27.4 Å². The number of nitriles is 1. The minimum absolute atomic E-state index is 0.000438. The molecule has 13 heteroatoms. The van der Waals surface area contributed by atoms with Crippen molar-refractivity contribution in [2.24, 2.45) is 10.2 Å². The molecule has 3 rings (SSSR count). The molecule has 1 aromatic heterocycles. The third-order valence-electron chi connectivity index (χ3n) is 5.80. The van der Waals surface area contributed by atoms with E-state index in [9.17, 15) is 28.4 Å². The van der Waals surface area contributed by atoms with E-state index in [1.807, 2.05) is 17.7 Å². The van der Waals surface area contributed by atoms with Gasteiger partial charge in [-0.25, -0.2) is 13.1 Å². The Labute approximate surface area is 225 Å². The van der Waals surface area contributed by atoms with Crippen LogP contribution in [0.2, 0.25) is 0 Å². The van der Waals surface area contributed by atoms with E-state index >= 15 is 0 Å². The van der Waals surface area contributed by atoms with Crippen LogP contribution in [0.15, 0.2) is 62.4 Å². The summed E-state index contributed by atoms with van der Waals surface area (Å²) in [6, 6.07) is 11.8. The number of carbonyl (C=O) groups excluding carboxylic acids is 1. The zero-order valence-electron chi connectivity index (χ0n) is 21.8. The van der Waals surface area contributed by atoms with Crippen molar-refractivity contribution in [3.8, 4) is 23.4 Å². The number of azo groups is 1. The summed E-state index contributed by atoms with van der Waals surface area (Å²) in [6.07, 6.45) is 1.32.